The highest BCUT2D eigenvalue weighted by atomic mass is 35.5. The van der Waals surface area contributed by atoms with Crippen molar-refractivity contribution in [2.45, 2.75) is 32.4 Å². The topological polar surface area (TPSA) is 29.5 Å². The molecule has 0 atom stereocenters. The number of nitrogens with zero attached hydrogens (tertiary/aromatic N) is 1. The monoisotopic (exact) mass is 253 g/mol. The largest absolute Gasteiger partial charge is 0.450 e. The van der Waals surface area contributed by atoms with Gasteiger partial charge in [0.2, 0.25) is 0 Å². The fourth-order valence-corrected chi connectivity index (χ4v) is 1.85. The number of carbonyl (C=O) groups excluding carboxylic acids is 1. The number of hydrogen-bond acceptors (Lipinski definition) is 2. The van der Waals surface area contributed by atoms with Crippen molar-refractivity contribution in [2.24, 2.45) is 0 Å². The Morgan fingerprint density at radius 2 is 2.06 bits per heavy atom. The molecule has 1 aromatic rings. The molecule has 2 rings (SSSR count). The van der Waals surface area contributed by atoms with Crippen LogP contribution in [0.3, 0.4) is 0 Å². The third-order valence-electron chi connectivity index (χ3n) is 2.76. The van der Waals surface area contributed by atoms with Crippen molar-refractivity contribution in [3.05, 3.63) is 34.9 Å². The third-order valence-corrected chi connectivity index (χ3v) is 3.01. The van der Waals surface area contributed by atoms with Gasteiger partial charge in [-0.2, -0.15) is 0 Å². The van der Waals surface area contributed by atoms with E-state index < -0.39 is 0 Å². The van der Waals surface area contributed by atoms with Crippen molar-refractivity contribution in [1.82, 2.24) is 4.90 Å². The first-order valence-electron chi connectivity index (χ1n) is 5.88. The summed E-state index contributed by atoms with van der Waals surface area (Å²) < 4.78 is 5.06. The van der Waals surface area contributed by atoms with Gasteiger partial charge in [-0.1, -0.05) is 23.7 Å². The van der Waals surface area contributed by atoms with Crippen LogP contribution in [0.2, 0.25) is 5.02 Å². The Bertz CT molecular complexity index is 387. The van der Waals surface area contributed by atoms with Crippen LogP contribution in [0, 0.1) is 0 Å². The zero-order chi connectivity index (χ0) is 12.3. The highest BCUT2D eigenvalue weighted by Gasteiger charge is 2.33. The molecule has 0 bridgehead atoms. The first kappa shape index (κ1) is 12.2. The molecule has 0 spiro atoms. The van der Waals surface area contributed by atoms with Crippen LogP contribution in [0.15, 0.2) is 24.3 Å². The summed E-state index contributed by atoms with van der Waals surface area (Å²) in [6.07, 6.45) is 1.93. The molecule has 0 radical (unpaired) electrons. The van der Waals surface area contributed by atoms with Gasteiger partial charge in [-0.05, 0) is 37.5 Å². The summed E-state index contributed by atoms with van der Waals surface area (Å²) in [5.41, 5.74) is 1.08. The zero-order valence-electron chi connectivity index (χ0n) is 9.86. The molecule has 1 aromatic carbocycles. The molecule has 92 valence electrons. The summed E-state index contributed by atoms with van der Waals surface area (Å²) >= 11 is 5.83. The number of carbonyl (C=O) groups is 1. The SMILES string of the molecule is CCOC(=O)N(Cc1ccc(Cl)cc1)C1CC1. The quantitative estimate of drug-likeness (QED) is 0.822. The van der Waals surface area contributed by atoms with Crippen LogP contribution >= 0.6 is 11.6 Å². The van der Waals surface area contributed by atoms with E-state index in [-0.39, 0.29) is 6.09 Å². The zero-order valence-corrected chi connectivity index (χ0v) is 10.6. The first-order valence-corrected chi connectivity index (χ1v) is 6.26. The molecule has 1 amide bonds. The number of rotatable bonds is 4. The molecule has 3 nitrogen and oxygen atoms in total. The van der Waals surface area contributed by atoms with Gasteiger partial charge in [0, 0.05) is 17.6 Å². The van der Waals surface area contributed by atoms with Gasteiger partial charge in [0.1, 0.15) is 0 Å². The van der Waals surface area contributed by atoms with Crippen LogP contribution in [0.1, 0.15) is 25.3 Å². The Kier molecular flexibility index (Phi) is 3.89. The third kappa shape index (κ3) is 3.37. The van der Waals surface area contributed by atoms with E-state index in [0.29, 0.717) is 24.2 Å². The van der Waals surface area contributed by atoms with Crippen molar-refractivity contribution in [1.29, 1.82) is 0 Å². The molecule has 0 N–H and O–H groups in total. The molecule has 1 saturated carbocycles. The Morgan fingerprint density at radius 1 is 1.41 bits per heavy atom. The van der Waals surface area contributed by atoms with Gasteiger partial charge < -0.3 is 9.64 Å². The van der Waals surface area contributed by atoms with E-state index in [9.17, 15) is 4.79 Å². The summed E-state index contributed by atoms with van der Waals surface area (Å²) in [4.78, 5) is 13.6. The van der Waals surface area contributed by atoms with Crippen LogP contribution in [-0.4, -0.2) is 23.6 Å². The second kappa shape index (κ2) is 5.41. The van der Waals surface area contributed by atoms with Gasteiger partial charge in [-0.3, -0.25) is 0 Å². The highest BCUT2D eigenvalue weighted by Crippen LogP contribution is 2.29. The number of amides is 1. The molecule has 0 unspecified atom stereocenters. The van der Waals surface area contributed by atoms with Crippen LogP contribution in [0.5, 0.6) is 0 Å². The van der Waals surface area contributed by atoms with E-state index in [2.05, 4.69) is 0 Å². The molecule has 1 aliphatic carbocycles. The van der Waals surface area contributed by atoms with Crippen molar-refractivity contribution in [3.8, 4) is 0 Å². The van der Waals surface area contributed by atoms with Gasteiger partial charge >= 0.3 is 6.09 Å². The Balaban J connectivity index is 2.02. The molecule has 1 aliphatic rings. The van der Waals surface area contributed by atoms with E-state index in [4.69, 9.17) is 16.3 Å². The maximum Gasteiger partial charge on any atom is 0.410 e. The molecule has 4 heteroatoms. The molecule has 0 aromatic heterocycles. The molecule has 1 fully saturated rings. The molecule has 0 aliphatic heterocycles. The highest BCUT2D eigenvalue weighted by molar-refractivity contribution is 6.30. The van der Waals surface area contributed by atoms with Gasteiger partial charge in [0.15, 0.2) is 0 Å². The van der Waals surface area contributed by atoms with Crippen LogP contribution in [0.25, 0.3) is 0 Å². The lowest BCUT2D eigenvalue weighted by Gasteiger charge is -2.21. The van der Waals surface area contributed by atoms with Gasteiger partial charge in [-0.25, -0.2) is 4.79 Å². The van der Waals surface area contributed by atoms with Gasteiger partial charge in [-0.15, -0.1) is 0 Å². The van der Waals surface area contributed by atoms with Crippen molar-refractivity contribution in [3.63, 3.8) is 0 Å². The molecule has 17 heavy (non-hydrogen) atoms. The fraction of sp³-hybridized carbons (Fsp3) is 0.462. The smallest absolute Gasteiger partial charge is 0.410 e. The standard InChI is InChI=1S/C13H16ClNO2/c1-2-17-13(16)15(12-7-8-12)9-10-3-5-11(14)6-4-10/h3-6,12H,2,7-9H2,1H3. The second-order valence-electron chi connectivity index (χ2n) is 4.18. The average Bonchev–Trinajstić information content (AvgIpc) is 3.12. The summed E-state index contributed by atoms with van der Waals surface area (Å²) in [6, 6.07) is 7.92. The number of benzene rings is 1. The maximum atomic E-state index is 11.8. The van der Waals surface area contributed by atoms with E-state index in [1.54, 1.807) is 4.90 Å². The molecule has 0 saturated heterocycles. The predicted molar refractivity (Wildman–Crippen MR) is 67.0 cm³/mol. The van der Waals surface area contributed by atoms with Crippen LogP contribution in [-0.2, 0) is 11.3 Å². The Morgan fingerprint density at radius 3 is 2.59 bits per heavy atom. The predicted octanol–water partition coefficient (Wildman–Crippen LogP) is 3.46. The fourth-order valence-electron chi connectivity index (χ4n) is 1.72. The normalized spacial score (nSPS) is 14.5. The first-order chi connectivity index (χ1) is 8.20. The maximum absolute atomic E-state index is 11.8. The van der Waals surface area contributed by atoms with Crippen LogP contribution < -0.4 is 0 Å². The average molecular weight is 254 g/mol. The second-order valence-corrected chi connectivity index (χ2v) is 4.62. The number of ether oxygens (including phenoxy) is 1. The summed E-state index contributed by atoms with van der Waals surface area (Å²) in [5, 5.41) is 0.711. The minimum Gasteiger partial charge on any atom is -0.450 e. The number of hydrogen-bond donors (Lipinski definition) is 0. The van der Waals surface area contributed by atoms with Crippen molar-refractivity contribution >= 4 is 17.7 Å². The van der Waals surface area contributed by atoms with Crippen molar-refractivity contribution < 1.29 is 9.53 Å². The van der Waals surface area contributed by atoms with E-state index >= 15 is 0 Å². The summed E-state index contributed by atoms with van der Waals surface area (Å²) in [5.74, 6) is 0. The minimum absolute atomic E-state index is 0.218. The Hall–Kier alpha value is -1.22. The van der Waals surface area contributed by atoms with E-state index in [1.165, 1.54) is 0 Å². The number of halogens is 1. The lowest BCUT2D eigenvalue weighted by Crippen LogP contribution is -2.33. The van der Waals surface area contributed by atoms with E-state index in [1.807, 2.05) is 31.2 Å². The summed E-state index contributed by atoms with van der Waals surface area (Å²) in [6.45, 7) is 2.84. The molecule has 0 heterocycles. The van der Waals surface area contributed by atoms with Gasteiger partial charge in [0.25, 0.3) is 0 Å². The summed E-state index contributed by atoms with van der Waals surface area (Å²) in [7, 11) is 0. The molecular formula is C13H16ClNO2. The minimum atomic E-state index is -0.218. The van der Waals surface area contributed by atoms with Crippen LogP contribution in [0.4, 0.5) is 4.79 Å². The van der Waals surface area contributed by atoms with E-state index in [0.717, 1.165) is 18.4 Å². The Labute approximate surface area is 106 Å². The van der Waals surface area contributed by atoms with Gasteiger partial charge in [0.05, 0.1) is 6.61 Å². The lowest BCUT2D eigenvalue weighted by molar-refractivity contribution is 0.102. The lowest BCUT2D eigenvalue weighted by atomic mass is 10.2. The van der Waals surface area contributed by atoms with Crippen molar-refractivity contribution in [2.75, 3.05) is 6.61 Å². The molecular weight excluding hydrogens is 238 g/mol.